The molecule has 0 bridgehead atoms. The second-order valence-corrected chi connectivity index (χ2v) is 7.08. The van der Waals surface area contributed by atoms with E-state index in [2.05, 4.69) is 0 Å². The lowest BCUT2D eigenvalue weighted by Gasteiger charge is -2.27. The van der Waals surface area contributed by atoms with Gasteiger partial charge in [-0.25, -0.2) is 0 Å². The van der Waals surface area contributed by atoms with E-state index >= 15 is 0 Å². The minimum absolute atomic E-state index is 0.0726. The van der Waals surface area contributed by atoms with Gasteiger partial charge >= 0.3 is 0 Å². The molecule has 1 heterocycles. The largest absolute Gasteiger partial charge is 0.338 e. The van der Waals surface area contributed by atoms with E-state index in [1.54, 1.807) is 0 Å². The Balaban J connectivity index is 2.07. The summed E-state index contributed by atoms with van der Waals surface area (Å²) in [6.45, 7) is 5.11. The molecule has 0 aliphatic carbocycles. The summed E-state index contributed by atoms with van der Waals surface area (Å²) in [6, 6.07) is 13.3. The van der Waals surface area contributed by atoms with Crippen LogP contribution in [0.4, 0.5) is 0 Å². The molecule has 0 aliphatic heterocycles. The number of nitrogens with zero attached hydrogens (tertiary/aromatic N) is 1. The van der Waals surface area contributed by atoms with Gasteiger partial charge in [0.15, 0.2) is 0 Å². The van der Waals surface area contributed by atoms with Crippen molar-refractivity contribution in [3.63, 3.8) is 0 Å². The van der Waals surface area contributed by atoms with E-state index in [9.17, 15) is 4.79 Å². The van der Waals surface area contributed by atoms with Gasteiger partial charge < -0.3 is 10.6 Å². The van der Waals surface area contributed by atoms with Crippen molar-refractivity contribution >= 4 is 28.8 Å². The molecule has 0 aliphatic rings. The predicted molar refractivity (Wildman–Crippen MR) is 93.0 cm³/mol. The van der Waals surface area contributed by atoms with Crippen molar-refractivity contribution in [1.29, 1.82) is 0 Å². The predicted octanol–water partition coefficient (Wildman–Crippen LogP) is 4.09. The molecule has 2 rings (SSSR count). The first kappa shape index (κ1) is 17.0. The van der Waals surface area contributed by atoms with E-state index in [1.165, 1.54) is 11.3 Å². The average molecular weight is 337 g/mol. The molecule has 1 aromatic carbocycles. The summed E-state index contributed by atoms with van der Waals surface area (Å²) in [5.74, 6) is -0.193. The van der Waals surface area contributed by atoms with Gasteiger partial charge in [0.25, 0.3) is 0 Å². The third kappa shape index (κ3) is 4.09. The molecular weight excluding hydrogens is 316 g/mol. The molecule has 2 unspecified atom stereocenters. The molecule has 1 aromatic heterocycles. The summed E-state index contributed by atoms with van der Waals surface area (Å²) in [5, 5.41) is 0. The molecule has 0 saturated heterocycles. The van der Waals surface area contributed by atoms with E-state index < -0.39 is 0 Å². The van der Waals surface area contributed by atoms with Gasteiger partial charge in [-0.05, 0) is 24.6 Å². The lowest BCUT2D eigenvalue weighted by Crippen LogP contribution is -2.38. The van der Waals surface area contributed by atoms with Gasteiger partial charge in [0.05, 0.1) is 16.8 Å². The highest BCUT2D eigenvalue weighted by Crippen LogP contribution is 2.25. The first-order chi connectivity index (χ1) is 10.5. The number of nitrogens with two attached hydrogens (primary N) is 1. The van der Waals surface area contributed by atoms with E-state index in [0.29, 0.717) is 13.1 Å². The molecular formula is C17H21ClN2OS. The molecule has 22 heavy (non-hydrogen) atoms. The lowest BCUT2D eigenvalue weighted by atomic mass is 9.94. The van der Waals surface area contributed by atoms with E-state index in [-0.39, 0.29) is 17.9 Å². The maximum atomic E-state index is 12.7. The summed E-state index contributed by atoms with van der Waals surface area (Å²) in [4.78, 5) is 15.6. The quantitative estimate of drug-likeness (QED) is 0.863. The van der Waals surface area contributed by atoms with Gasteiger partial charge in [0.2, 0.25) is 5.91 Å². The Bertz CT molecular complexity index is 614. The van der Waals surface area contributed by atoms with Crippen molar-refractivity contribution in [2.24, 2.45) is 11.7 Å². The van der Waals surface area contributed by atoms with Gasteiger partial charge in [-0.2, -0.15) is 0 Å². The SMILES string of the molecule is CCN(Cc1ccc(Cl)s1)C(=O)C(C)C(N)c1ccccc1. The number of carbonyl (C=O) groups is 1. The summed E-state index contributed by atoms with van der Waals surface area (Å²) >= 11 is 7.46. The number of amides is 1. The van der Waals surface area contributed by atoms with Crippen LogP contribution in [0.3, 0.4) is 0 Å². The third-order valence-electron chi connectivity index (χ3n) is 3.78. The van der Waals surface area contributed by atoms with Crippen LogP contribution in [-0.2, 0) is 11.3 Å². The Kier molecular flexibility index (Phi) is 6.00. The summed E-state index contributed by atoms with van der Waals surface area (Å²) in [6.07, 6.45) is 0. The van der Waals surface area contributed by atoms with Crippen molar-refractivity contribution in [2.75, 3.05) is 6.54 Å². The maximum Gasteiger partial charge on any atom is 0.227 e. The van der Waals surface area contributed by atoms with Crippen molar-refractivity contribution in [3.8, 4) is 0 Å². The molecule has 118 valence electrons. The first-order valence-corrected chi connectivity index (χ1v) is 8.56. The van der Waals surface area contributed by atoms with Crippen LogP contribution in [0.1, 0.15) is 30.3 Å². The molecule has 0 spiro atoms. The minimum Gasteiger partial charge on any atom is -0.338 e. The van der Waals surface area contributed by atoms with E-state index in [1.807, 2.05) is 61.2 Å². The highest BCUT2D eigenvalue weighted by molar-refractivity contribution is 7.16. The zero-order valence-corrected chi connectivity index (χ0v) is 14.4. The fourth-order valence-corrected chi connectivity index (χ4v) is 3.48. The lowest BCUT2D eigenvalue weighted by molar-refractivity contribution is -0.136. The number of benzene rings is 1. The molecule has 2 aromatic rings. The van der Waals surface area contributed by atoms with Gasteiger partial charge in [-0.3, -0.25) is 4.79 Å². The molecule has 5 heteroatoms. The van der Waals surface area contributed by atoms with Crippen LogP contribution in [0, 0.1) is 5.92 Å². The Morgan fingerprint density at radius 2 is 1.95 bits per heavy atom. The minimum atomic E-state index is -0.297. The van der Waals surface area contributed by atoms with Crippen LogP contribution in [0.5, 0.6) is 0 Å². The fourth-order valence-electron chi connectivity index (χ4n) is 2.38. The van der Waals surface area contributed by atoms with Crippen LogP contribution in [0.2, 0.25) is 4.34 Å². The van der Waals surface area contributed by atoms with Crippen LogP contribution in [-0.4, -0.2) is 17.4 Å². The highest BCUT2D eigenvalue weighted by atomic mass is 35.5. The first-order valence-electron chi connectivity index (χ1n) is 7.36. The van der Waals surface area contributed by atoms with Gasteiger partial charge in [0, 0.05) is 17.5 Å². The van der Waals surface area contributed by atoms with Crippen molar-refractivity contribution in [2.45, 2.75) is 26.4 Å². The summed E-state index contributed by atoms with van der Waals surface area (Å²) in [5.41, 5.74) is 7.25. The van der Waals surface area contributed by atoms with Gasteiger partial charge in [0.1, 0.15) is 0 Å². The molecule has 0 radical (unpaired) electrons. The highest BCUT2D eigenvalue weighted by Gasteiger charge is 2.26. The van der Waals surface area contributed by atoms with E-state index in [0.717, 1.165) is 14.8 Å². The molecule has 0 saturated carbocycles. The third-order valence-corrected chi connectivity index (χ3v) is 5.00. The van der Waals surface area contributed by atoms with Crippen molar-refractivity contribution in [1.82, 2.24) is 4.90 Å². The second-order valence-electron chi connectivity index (χ2n) is 5.28. The van der Waals surface area contributed by atoms with Crippen LogP contribution in [0.15, 0.2) is 42.5 Å². The summed E-state index contributed by atoms with van der Waals surface area (Å²) in [7, 11) is 0. The zero-order chi connectivity index (χ0) is 16.1. The van der Waals surface area contributed by atoms with Crippen LogP contribution < -0.4 is 5.73 Å². The zero-order valence-electron chi connectivity index (χ0n) is 12.8. The van der Waals surface area contributed by atoms with Crippen molar-refractivity contribution in [3.05, 3.63) is 57.2 Å². The number of hydrogen-bond donors (Lipinski definition) is 1. The maximum absolute atomic E-state index is 12.7. The molecule has 2 atom stereocenters. The number of hydrogen-bond acceptors (Lipinski definition) is 3. The molecule has 0 fully saturated rings. The Morgan fingerprint density at radius 1 is 1.27 bits per heavy atom. The number of rotatable bonds is 6. The topological polar surface area (TPSA) is 46.3 Å². The normalized spacial score (nSPS) is 13.6. The molecule has 2 N–H and O–H groups in total. The monoisotopic (exact) mass is 336 g/mol. The fraction of sp³-hybridized carbons (Fsp3) is 0.353. The Hall–Kier alpha value is -1.36. The standard InChI is InChI=1S/C17H21ClN2OS/c1-3-20(11-14-9-10-15(18)22-14)17(21)12(2)16(19)13-7-5-4-6-8-13/h4-10,12,16H,3,11,19H2,1-2H3. The van der Waals surface area contributed by atoms with Crippen molar-refractivity contribution < 1.29 is 4.79 Å². The Labute approximate surface area is 140 Å². The number of thiophene rings is 1. The molecule has 1 amide bonds. The van der Waals surface area contributed by atoms with Gasteiger partial charge in [-0.1, -0.05) is 48.9 Å². The van der Waals surface area contributed by atoms with Crippen LogP contribution in [0.25, 0.3) is 0 Å². The Morgan fingerprint density at radius 3 is 2.50 bits per heavy atom. The number of carbonyl (C=O) groups excluding carboxylic acids is 1. The van der Waals surface area contributed by atoms with E-state index in [4.69, 9.17) is 17.3 Å². The van der Waals surface area contributed by atoms with Crippen LogP contribution >= 0.6 is 22.9 Å². The smallest absolute Gasteiger partial charge is 0.227 e. The summed E-state index contributed by atoms with van der Waals surface area (Å²) < 4.78 is 0.743. The second kappa shape index (κ2) is 7.77. The average Bonchev–Trinajstić information content (AvgIpc) is 2.96. The number of halogens is 1. The van der Waals surface area contributed by atoms with Gasteiger partial charge in [-0.15, -0.1) is 11.3 Å². The molecule has 3 nitrogen and oxygen atoms in total.